The first kappa shape index (κ1) is 5.29. The first-order valence-corrected chi connectivity index (χ1v) is 2.62. The minimum atomic E-state index is 0.507. The Morgan fingerprint density at radius 2 is 2.50 bits per heavy atom. The molecule has 1 aliphatic carbocycles. The highest BCUT2D eigenvalue weighted by Crippen LogP contribution is 2.32. The van der Waals surface area contributed by atoms with E-state index in [1.165, 1.54) is 0 Å². The molecule has 1 nitrogen and oxygen atoms in total. The van der Waals surface area contributed by atoms with Gasteiger partial charge in [0.05, 0.1) is 0 Å². The Kier molecular flexibility index (Phi) is 1.05. The summed E-state index contributed by atoms with van der Waals surface area (Å²) >= 11 is 0. The van der Waals surface area contributed by atoms with Gasteiger partial charge in [0.2, 0.25) is 0 Å². The van der Waals surface area contributed by atoms with Crippen LogP contribution < -0.4 is 0 Å². The second kappa shape index (κ2) is 1.58. The molecule has 0 radical (unpaired) electrons. The van der Waals surface area contributed by atoms with Crippen LogP contribution in [0.5, 0.6) is 0 Å². The summed E-state index contributed by atoms with van der Waals surface area (Å²) in [6.45, 7) is 5.59. The van der Waals surface area contributed by atoms with Gasteiger partial charge in [-0.1, -0.05) is 19.6 Å². The fourth-order valence-corrected chi connectivity index (χ4v) is 0.689. The predicted molar refractivity (Wildman–Crippen MR) is 32.5 cm³/mol. The quantitative estimate of drug-likeness (QED) is 0.385. The molecule has 0 spiro atoms. The molecule has 1 atom stereocenters. The topological polar surface area (TPSA) is 17.1 Å². The zero-order valence-electron chi connectivity index (χ0n) is 4.85. The summed E-state index contributed by atoms with van der Waals surface area (Å²) in [5.74, 6) is 0.507. The highest BCUT2D eigenvalue weighted by Gasteiger charge is 2.20. The van der Waals surface area contributed by atoms with Crippen LogP contribution in [0.4, 0.5) is 0 Å². The maximum absolute atomic E-state index is 9.99. The van der Waals surface area contributed by atoms with Crippen molar-refractivity contribution in [3.05, 3.63) is 23.8 Å². The Morgan fingerprint density at radius 3 is 2.62 bits per heavy atom. The first-order valence-electron chi connectivity index (χ1n) is 2.62. The van der Waals surface area contributed by atoms with Crippen LogP contribution in [0.15, 0.2) is 23.8 Å². The van der Waals surface area contributed by atoms with Gasteiger partial charge >= 0.3 is 0 Å². The van der Waals surface area contributed by atoms with Gasteiger partial charge in [0.15, 0.2) is 0 Å². The predicted octanol–water partition coefficient (Wildman–Crippen LogP) is 1.32. The van der Waals surface area contributed by atoms with E-state index >= 15 is 0 Å². The van der Waals surface area contributed by atoms with Crippen molar-refractivity contribution in [3.63, 3.8) is 0 Å². The Morgan fingerprint density at radius 1 is 2.00 bits per heavy atom. The summed E-state index contributed by atoms with van der Waals surface area (Å²) < 4.78 is 0. The van der Waals surface area contributed by atoms with Crippen molar-refractivity contribution >= 4 is 6.29 Å². The minimum absolute atomic E-state index is 0.507. The van der Waals surface area contributed by atoms with E-state index in [0.29, 0.717) is 11.5 Å². The third-order valence-corrected chi connectivity index (χ3v) is 1.32. The molecule has 0 aliphatic heterocycles. The van der Waals surface area contributed by atoms with Crippen molar-refractivity contribution in [2.75, 3.05) is 0 Å². The summed E-state index contributed by atoms with van der Waals surface area (Å²) in [5, 5.41) is 0. The van der Waals surface area contributed by atoms with Gasteiger partial charge < -0.3 is 0 Å². The average molecular weight is 108 g/mol. The molecule has 0 bridgehead atoms. The summed E-state index contributed by atoms with van der Waals surface area (Å²) in [6, 6.07) is 0. The molecule has 8 heavy (non-hydrogen) atoms. The van der Waals surface area contributed by atoms with Gasteiger partial charge in [-0.3, -0.25) is 4.79 Å². The van der Waals surface area contributed by atoms with Gasteiger partial charge in [0.25, 0.3) is 0 Å². The Labute approximate surface area is 48.7 Å². The molecular formula is C7H8O. The SMILES string of the molecule is C=C(C=O)C1=C[C@@H]1C. The molecule has 0 aromatic carbocycles. The van der Waals surface area contributed by atoms with E-state index in [1.54, 1.807) is 0 Å². The monoisotopic (exact) mass is 108 g/mol. The second-order valence-corrected chi connectivity index (χ2v) is 2.05. The van der Waals surface area contributed by atoms with Crippen LogP contribution in [-0.2, 0) is 4.79 Å². The van der Waals surface area contributed by atoms with Crippen LogP contribution in [0.25, 0.3) is 0 Å². The van der Waals surface area contributed by atoms with E-state index in [0.717, 1.165) is 11.9 Å². The summed E-state index contributed by atoms with van der Waals surface area (Å²) in [6.07, 6.45) is 2.83. The van der Waals surface area contributed by atoms with Crippen molar-refractivity contribution in [2.24, 2.45) is 5.92 Å². The summed E-state index contributed by atoms with van der Waals surface area (Å²) in [7, 11) is 0. The van der Waals surface area contributed by atoms with Crippen LogP contribution in [-0.4, -0.2) is 6.29 Å². The number of hydrogen-bond acceptors (Lipinski definition) is 1. The standard InChI is InChI=1S/C7H8O/c1-5-3-7(5)6(2)4-8/h3-5H,2H2,1H3/t5-/m0/s1. The molecule has 42 valence electrons. The fourth-order valence-electron chi connectivity index (χ4n) is 0.689. The number of allylic oxidation sites excluding steroid dienone is 3. The maximum atomic E-state index is 9.99. The lowest BCUT2D eigenvalue weighted by Gasteiger charge is -1.84. The molecule has 0 saturated heterocycles. The smallest absolute Gasteiger partial charge is 0.149 e. The van der Waals surface area contributed by atoms with Crippen molar-refractivity contribution in [3.8, 4) is 0 Å². The third kappa shape index (κ3) is 0.713. The summed E-state index contributed by atoms with van der Waals surface area (Å²) in [5.41, 5.74) is 1.75. The number of rotatable bonds is 2. The van der Waals surface area contributed by atoms with Crippen molar-refractivity contribution in [2.45, 2.75) is 6.92 Å². The number of aldehydes is 1. The van der Waals surface area contributed by atoms with Crippen LogP contribution in [0.3, 0.4) is 0 Å². The van der Waals surface area contributed by atoms with Crippen LogP contribution in [0, 0.1) is 5.92 Å². The molecule has 1 rings (SSSR count). The van der Waals surface area contributed by atoms with E-state index in [1.807, 2.05) is 13.0 Å². The minimum Gasteiger partial charge on any atom is -0.298 e. The van der Waals surface area contributed by atoms with Gasteiger partial charge in [0.1, 0.15) is 6.29 Å². The van der Waals surface area contributed by atoms with E-state index in [9.17, 15) is 4.79 Å². The summed E-state index contributed by atoms with van der Waals surface area (Å²) in [4.78, 5) is 9.99. The molecule has 1 heteroatoms. The van der Waals surface area contributed by atoms with Gasteiger partial charge in [-0.25, -0.2) is 0 Å². The van der Waals surface area contributed by atoms with Gasteiger partial charge in [0, 0.05) is 5.57 Å². The van der Waals surface area contributed by atoms with Gasteiger partial charge in [-0.15, -0.1) is 0 Å². The van der Waals surface area contributed by atoms with Crippen molar-refractivity contribution in [1.82, 2.24) is 0 Å². The molecule has 0 N–H and O–H groups in total. The number of carbonyl (C=O) groups is 1. The van der Waals surface area contributed by atoms with E-state index in [-0.39, 0.29) is 0 Å². The van der Waals surface area contributed by atoms with Crippen molar-refractivity contribution in [1.29, 1.82) is 0 Å². The zero-order chi connectivity index (χ0) is 6.15. The van der Waals surface area contributed by atoms with E-state index in [2.05, 4.69) is 6.58 Å². The van der Waals surface area contributed by atoms with E-state index in [4.69, 9.17) is 0 Å². The Bertz CT molecular complexity index is 165. The van der Waals surface area contributed by atoms with Gasteiger partial charge in [-0.2, -0.15) is 0 Å². The van der Waals surface area contributed by atoms with E-state index < -0.39 is 0 Å². The molecule has 0 unspecified atom stereocenters. The van der Waals surface area contributed by atoms with Crippen LogP contribution >= 0.6 is 0 Å². The third-order valence-electron chi connectivity index (χ3n) is 1.32. The molecule has 1 aliphatic rings. The maximum Gasteiger partial charge on any atom is 0.149 e. The Hall–Kier alpha value is -0.850. The number of carbonyl (C=O) groups excluding carboxylic acids is 1. The molecule has 0 aromatic heterocycles. The van der Waals surface area contributed by atoms with Crippen LogP contribution in [0.2, 0.25) is 0 Å². The molecule has 0 saturated carbocycles. The lowest BCUT2D eigenvalue weighted by atomic mass is 10.2. The molecule has 0 amide bonds. The van der Waals surface area contributed by atoms with Crippen molar-refractivity contribution < 1.29 is 4.79 Å². The highest BCUT2D eigenvalue weighted by atomic mass is 16.1. The lowest BCUT2D eigenvalue weighted by molar-refractivity contribution is -0.104. The fraction of sp³-hybridized carbons (Fsp3) is 0.286. The average Bonchev–Trinajstić information content (AvgIpc) is 2.45. The normalized spacial score (nSPS) is 24.1. The first-order chi connectivity index (χ1) is 3.75. The Balaban J connectivity index is 2.51. The molecule has 0 heterocycles. The highest BCUT2D eigenvalue weighted by molar-refractivity contribution is 5.82. The second-order valence-electron chi connectivity index (χ2n) is 2.05. The lowest BCUT2D eigenvalue weighted by Crippen LogP contribution is -1.79. The van der Waals surface area contributed by atoms with Crippen LogP contribution in [0.1, 0.15) is 6.92 Å². The zero-order valence-corrected chi connectivity index (χ0v) is 4.85. The van der Waals surface area contributed by atoms with Gasteiger partial charge in [-0.05, 0) is 11.5 Å². The molecular weight excluding hydrogens is 100 g/mol. The molecule has 0 fully saturated rings. The largest absolute Gasteiger partial charge is 0.298 e. The number of hydrogen-bond donors (Lipinski definition) is 0. The molecule has 0 aromatic rings.